The van der Waals surface area contributed by atoms with Crippen LogP contribution in [0.15, 0.2) is 46.8 Å². The number of nitrogens with one attached hydrogen (secondary N) is 1. The van der Waals surface area contributed by atoms with E-state index in [0.717, 1.165) is 13.2 Å². The highest BCUT2D eigenvalue weighted by Crippen LogP contribution is 2.44. The Morgan fingerprint density at radius 3 is 1.93 bits per heavy atom. The largest absolute Gasteiger partial charge is 0.466 e. The first-order valence-corrected chi connectivity index (χ1v) is 13.3. The van der Waals surface area contributed by atoms with Crippen LogP contribution in [-0.4, -0.2) is 101 Å². The number of hydrogen-bond acceptors (Lipinski definition) is 9. The van der Waals surface area contributed by atoms with Gasteiger partial charge in [-0.2, -0.15) is 13.2 Å². The second-order valence-electron chi connectivity index (χ2n) is 10.1. The zero-order valence-corrected chi connectivity index (χ0v) is 23.0. The Labute approximate surface area is 231 Å². The summed E-state index contributed by atoms with van der Waals surface area (Å²) in [5, 5.41) is 2.99. The van der Waals surface area contributed by atoms with Crippen LogP contribution in [0, 0.1) is 0 Å². The molecule has 1 aromatic carbocycles. The Morgan fingerprint density at radius 1 is 0.925 bits per heavy atom. The highest BCUT2D eigenvalue weighted by atomic mass is 19.4. The molecular formula is C28H36F3N3O6. The molecule has 40 heavy (non-hydrogen) atoms. The van der Waals surface area contributed by atoms with Crippen LogP contribution >= 0.6 is 0 Å². The van der Waals surface area contributed by atoms with Crippen molar-refractivity contribution in [3.8, 4) is 0 Å². The number of nitrogens with zero attached hydrogens (tertiary/aromatic N) is 2. The minimum atomic E-state index is -4.71. The number of rotatable bonds is 8. The molecule has 0 aliphatic carbocycles. The quantitative estimate of drug-likeness (QED) is 0.477. The van der Waals surface area contributed by atoms with Gasteiger partial charge in [-0.05, 0) is 25.5 Å². The van der Waals surface area contributed by atoms with Crippen LogP contribution in [0.3, 0.4) is 0 Å². The lowest BCUT2D eigenvalue weighted by Crippen LogP contribution is -2.48. The lowest BCUT2D eigenvalue weighted by Gasteiger charge is -2.36. The molecule has 0 bridgehead atoms. The molecule has 1 aromatic rings. The van der Waals surface area contributed by atoms with Crippen molar-refractivity contribution in [1.82, 2.24) is 15.1 Å². The van der Waals surface area contributed by atoms with Crippen molar-refractivity contribution in [2.24, 2.45) is 0 Å². The number of carbonyl (C=O) groups excluding carboxylic acids is 2. The van der Waals surface area contributed by atoms with Gasteiger partial charge < -0.3 is 24.3 Å². The third kappa shape index (κ3) is 7.03. The topological polar surface area (TPSA) is 89.6 Å². The Balaban J connectivity index is 1.71. The summed E-state index contributed by atoms with van der Waals surface area (Å²) in [7, 11) is 1.15. The van der Waals surface area contributed by atoms with Gasteiger partial charge in [-0.3, -0.25) is 9.80 Å². The first kappa shape index (κ1) is 30.0. The van der Waals surface area contributed by atoms with E-state index >= 15 is 0 Å². The van der Waals surface area contributed by atoms with E-state index in [-0.39, 0.29) is 16.7 Å². The van der Waals surface area contributed by atoms with Crippen LogP contribution in [0.5, 0.6) is 0 Å². The molecule has 0 spiro atoms. The minimum absolute atomic E-state index is 0.0587. The summed E-state index contributed by atoms with van der Waals surface area (Å²) in [5.74, 6) is -2.96. The maximum absolute atomic E-state index is 14.2. The zero-order valence-electron chi connectivity index (χ0n) is 23.0. The summed E-state index contributed by atoms with van der Waals surface area (Å²) < 4.78 is 64.4. The highest BCUT2D eigenvalue weighted by Gasteiger charge is 2.43. The molecule has 3 heterocycles. The van der Waals surface area contributed by atoms with Gasteiger partial charge in [-0.15, -0.1) is 0 Å². The molecule has 1 unspecified atom stereocenters. The summed E-state index contributed by atoms with van der Waals surface area (Å²) in [4.78, 5) is 31.2. The van der Waals surface area contributed by atoms with Gasteiger partial charge in [-0.1, -0.05) is 18.2 Å². The SMILES string of the molecule is COC(=O)C1=C(C)NC(C)=C(C(=O)OC(CN2CCOCC2)CN2CCOCC2)C1c1ccccc1C(F)(F)F. The van der Waals surface area contributed by atoms with Gasteiger partial charge in [0.15, 0.2) is 0 Å². The molecule has 12 heteroatoms. The van der Waals surface area contributed by atoms with E-state index in [0.29, 0.717) is 77.1 Å². The Morgan fingerprint density at radius 2 is 1.43 bits per heavy atom. The molecule has 0 aromatic heterocycles. The summed E-state index contributed by atoms with van der Waals surface area (Å²) in [6, 6.07) is 4.96. The number of dihydropyridines is 1. The molecule has 2 saturated heterocycles. The van der Waals surface area contributed by atoms with Gasteiger partial charge in [-0.25, -0.2) is 9.59 Å². The molecule has 3 aliphatic rings. The predicted octanol–water partition coefficient (Wildman–Crippen LogP) is 2.69. The van der Waals surface area contributed by atoms with E-state index in [1.54, 1.807) is 13.8 Å². The van der Waals surface area contributed by atoms with Gasteiger partial charge in [0.2, 0.25) is 0 Å². The van der Waals surface area contributed by atoms with E-state index in [2.05, 4.69) is 15.1 Å². The van der Waals surface area contributed by atoms with Crippen molar-refractivity contribution in [3.63, 3.8) is 0 Å². The molecule has 4 rings (SSSR count). The number of allylic oxidation sites excluding steroid dienone is 2. The number of esters is 2. The lowest BCUT2D eigenvalue weighted by atomic mass is 9.78. The Kier molecular flexibility index (Phi) is 9.88. The summed E-state index contributed by atoms with van der Waals surface area (Å²) in [5.41, 5.74) is -0.672. The first-order valence-electron chi connectivity index (χ1n) is 13.3. The average molecular weight is 568 g/mol. The zero-order chi connectivity index (χ0) is 28.9. The fourth-order valence-corrected chi connectivity index (χ4v) is 5.45. The van der Waals surface area contributed by atoms with Gasteiger partial charge in [0.1, 0.15) is 6.10 Å². The van der Waals surface area contributed by atoms with Crippen LogP contribution in [0.2, 0.25) is 0 Å². The van der Waals surface area contributed by atoms with E-state index in [9.17, 15) is 22.8 Å². The van der Waals surface area contributed by atoms with Gasteiger partial charge in [0.05, 0.1) is 56.2 Å². The maximum atomic E-state index is 14.2. The molecule has 0 amide bonds. The number of carbonyl (C=O) groups is 2. The standard InChI is InChI=1S/C28H36F3N3O6/c1-18-23(26(35)37-3)25(21-6-4-5-7-22(21)28(29,30)31)24(19(2)32-18)27(36)40-20(16-33-8-12-38-13-9-33)17-34-10-14-39-15-11-34/h4-7,20,25,32H,8-17H2,1-3H3. The van der Waals surface area contributed by atoms with Crippen LogP contribution in [0.4, 0.5) is 13.2 Å². The maximum Gasteiger partial charge on any atom is 0.416 e. The summed E-state index contributed by atoms with van der Waals surface area (Å²) >= 11 is 0. The number of hydrogen-bond donors (Lipinski definition) is 1. The van der Waals surface area contributed by atoms with Gasteiger partial charge in [0.25, 0.3) is 0 Å². The van der Waals surface area contributed by atoms with E-state index in [4.69, 9.17) is 18.9 Å². The predicted molar refractivity (Wildman–Crippen MR) is 139 cm³/mol. The van der Waals surface area contributed by atoms with Crippen molar-refractivity contribution in [2.45, 2.75) is 32.0 Å². The third-order valence-corrected chi connectivity index (χ3v) is 7.37. The molecule has 1 atom stereocenters. The van der Waals surface area contributed by atoms with E-state index in [1.165, 1.54) is 18.2 Å². The van der Waals surface area contributed by atoms with Crippen molar-refractivity contribution in [1.29, 1.82) is 0 Å². The molecule has 3 aliphatic heterocycles. The van der Waals surface area contributed by atoms with E-state index in [1.807, 2.05) is 0 Å². The molecule has 220 valence electrons. The van der Waals surface area contributed by atoms with Crippen molar-refractivity contribution in [3.05, 3.63) is 57.9 Å². The molecule has 0 saturated carbocycles. The fraction of sp³-hybridized carbons (Fsp3) is 0.571. The normalized spacial score (nSPS) is 21.4. The van der Waals surface area contributed by atoms with Crippen molar-refractivity contribution < 1.29 is 41.7 Å². The van der Waals surface area contributed by atoms with Crippen LogP contribution < -0.4 is 5.32 Å². The number of morpholine rings is 2. The number of halogens is 3. The first-order chi connectivity index (χ1) is 19.1. The van der Waals surface area contributed by atoms with Crippen LogP contribution in [0.1, 0.15) is 30.9 Å². The molecule has 1 N–H and O–H groups in total. The van der Waals surface area contributed by atoms with Crippen molar-refractivity contribution >= 4 is 11.9 Å². The van der Waals surface area contributed by atoms with Gasteiger partial charge in [0, 0.05) is 50.7 Å². The minimum Gasteiger partial charge on any atom is -0.466 e. The summed E-state index contributed by atoms with van der Waals surface area (Å²) in [6.07, 6.45) is -5.29. The molecule has 2 fully saturated rings. The Bertz CT molecular complexity index is 1120. The fourth-order valence-electron chi connectivity index (χ4n) is 5.45. The van der Waals surface area contributed by atoms with Crippen molar-refractivity contribution in [2.75, 3.05) is 72.8 Å². The highest BCUT2D eigenvalue weighted by molar-refractivity contribution is 6.00. The summed E-state index contributed by atoms with van der Waals surface area (Å²) in [6.45, 7) is 9.01. The van der Waals surface area contributed by atoms with E-state index < -0.39 is 35.7 Å². The number of methoxy groups -OCH3 is 1. The third-order valence-electron chi connectivity index (χ3n) is 7.37. The van der Waals surface area contributed by atoms with Crippen LogP contribution in [0.25, 0.3) is 0 Å². The molecular weight excluding hydrogens is 531 g/mol. The smallest absolute Gasteiger partial charge is 0.416 e. The molecule has 9 nitrogen and oxygen atoms in total. The molecule has 0 radical (unpaired) electrons. The number of alkyl halides is 3. The Hall–Kier alpha value is -2.93. The second kappa shape index (κ2) is 13.2. The second-order valence-corrected chi connectivity index (χ2v) is 10.1. The average Bonchev–Trinajstić information content (AvgIpc) is 2.92. The lowest BCUT2D eigenvalue weighted by molar-refractivity contribution is -0.148. The number of ether oxygens (including phenoxy) is 4. The van der Waals surface area contributed by atoms with Gasteiger partial charge >= 0.3 is 18.1 Å². The van der Waals surface area contributed by atoms with Crippen LogP contribution in [-0.2, 0) is 34.7 Å². The number of benzene rings is 1. The monoisotopic (exact) mass is 567 g/mol.